The molecule has 1 N–H and O–H groups in total. The Hall–Kier alpha value is -2.42. The standard InChI is InChI=1S/C20H19ClN4O3S/c21-18-16(8-3-9-22-18)23-17(26)12-29-20-24-15-7-2-1-6-14(15)19(27)25(20)11-13-5-4-10-28-13/h1-3,6-9,13H,4-5,10-12H2,(H,23,26). The Morgan fingerprint density at radius 1 is 1.31 bits per heavy atom. The zero-order valence-electron chi connectivity index (χ0n) is 15.5. The van der Waals surface area contributed by atoms with Crippen molar-refractivity contribution in [3.63, 3.8) is 0 Å². The second-order valence-corrected chi connectivity index (χ2v) is 7.94. The number of nitrogens with zero attached hydrogens (tertiary/aromatic N) is 3. The molecule has 29 heavy (non-hydrogen) atoms. The van der Waals surface area contributed by atoms with Crippen LogP contribution in [0.15, 0.2) is 52.5 Å². The highest BCUT2D eigenvalue weighted by Gasteiger charge is 2.20. The number of rotatable bonds is 6. The number of hydrogen-bond acceptors (Lipinski definition) is 6. The molecule has 7 nitrogen and oxygen atoms in total. The van der Waals surface area contributed by atoms with Crippen LogP contribution in [-0.2, 0) is 16.1 Å². The summed E-state index contributed by atoms with van der Waals surface area (Å²) in [5, 5.41) is 4.01. The van der Waals surface area contributed by atoms with Crippen molar-refractivity contribution in [2.24, 2.45) is 0 Å². The number of nitrogens with one attached hydrogen (secondary N) is 1. The Morgan fingerprint density at radius 2 is 2.17 bits per heavy atom. The second kappa shape index (κ2) is 8.94. The molecule has 3 aromatic rings. The lowest BCUT2D eigenvalue weighted by Gasteiger charge is -2.16. The molecule has 0 aliphatic carbocycles. The number of amides is 1. The van der Waals surface area contributed by atoms with Crippen molar-refractivity contribution in [2.45, 2.75) is 30.6 Å². The zero-order valence-corrected chi connectivity index (χ0v) is 17.1. The zero-order chi connectivity index (χ0) is 20.2. The van der Waals surface area contributed by atoms with E-state index in [0.717, 1.165) is 12.8 Å². The number of hydrogen-bond donors (Lipinski definition) is 1. The molecule has 1 aromatic carbocycles. The van der Waals surface area contributed by atoms with E-state index in [9.17, 15) is 9.59 Å². The van der Waals surface area contributed by atoms with Crippen LogP contribution in [0, 0.1) is 0 Å². The summed E-state index contributed by atoms with van der Waals surface area (Å²) in [5.41, 5.74) is 0.937. The highest BCUT2D eigenvalue weighted by atomic mass is 35.5. The summed E-state index contributed by atoms with van der Waals surface area (Å²) in [5.74, 6) is -0.169. The average Bonchev–Trinajstić information content (AvgIpc) is 3.24. The lowest BCUT2D eigenvalue weighted by Crippen LogP contribution is -2.29. The predicted octanol–water partition coefficient (Wildman–Crippen LogP) is 3.35. The molecular formula is C20H19ClN4O3S. The summed E-state index contributed by atoms with van der Waals surface area (Å²) in [6.07, 6.45) is 3.42. The van der Waals surface area contributed by atoms with Crippen LogP contribution in [0.4, 0.5) is 5.69 Å². The van der Waals surface area contributed by atoms with Gasteiger partial charge in [0.1, 0.15) is 0 Å². The fourth-order valence-corrected chi connectivity index (χ4v) is 4.18. The third-order valence-electron chi connectivity index (χ3n) is 4.60. The quantitative estimate of drug-likeness (QED) is 0.366. The summed E-state index contributed by atoms with van der Waals surface area (Å²) in [7, 11) is 0. The van der Waals surface area contributed by atoms with Crippen LogP contribution in [0.3, 0.4) is 0 Å². The number of benzene rings is 1. The van der Waals surface area contributed by atoms with Gasteiger partial charge in [-0.3, -0.25) is 14.2 Å². The molecule has 1 amide bonds. The van der Waals surface area contributed by atoms with Gasteiger partial charge in [0, 0.05) is 12.8 Å². The minimum Gasteiger partial charge on any atom is -0.376 e. The third kappa shape index (κ3) is 4.60. The number of halogens is 1. The van der Waals surface area contributed by atoms with Crippen molar-refractivity contribution in [3.05, 3.63) is 58.1 Å². The minimum absolute atomic E-state index is 0.0157. The van der Waals surface area contributed by atoms with Gasteiger partial charge in [0.25, 0.3) is 5.56 Å². The topological polar surface area (TPSA) is 86.1 Å². The molecule has 150 valence electrons. The number of aromatic nitrogens is 3. The molecule has 3 heterocycles. The molecule has 1 fully saturated rings. The average molecular weight is 431 g/mol. The number of pyridine rings is 1. The first kappa shape index (κ1) is 19.9. The van der Waals surface area contributed by atoms with E-state index in [1.807, 2.05) is 12.1 Å². The Morgan fingerprint density at radius 3 is 2.97 bits per heavy atom. The highest BCUT2D eigenvalue weighted by Crippen LogP contribution is 2.22. The number of carbonyl (C=O) groups excluding carboxylic acids is 1. The maximum Gasteiger partial charge on any atom is 0.262 e. The summed E-state index contributed by atoms with van der Waals surface area (Å²) in [4.78, 5) is 34.0. The predicted molar refractivity (Wildman–Crippen MR) is 114 cm³/mol. The van der Waals surface area contributed by atoms with Crippen LogP contribution >= 0.6 is 23.4 Å². The summed E-state index contributed by atoms with van der Waals surface area (Å²) in [6.45, 7) is 1.13. The maximum absolute atomic E-state index is 13.0. The largest absolute Gasteiger partial charge is 0.376 e. The van der Waals surface area contributed by atoms with E-state index in [1.54, 1.807) is 35.0 Å². The fraction of sp³-hybridized carbons (Fsp3) is 0.300. The number of thioether (sulfide) groups is 1. The van der Waals surface area contributed by atoms with E-state index in [0.29, 0.717) is 34.9 Å². The Balaban J connectivity index is 1.57. The monoisotopic (exact) mass is 430 g/mol. The van der Waals surface area contributed by atoms with Gasteiger partial charge in [-0.2, -0.15) is 0 Å². The lowest BCUT2D eigenvalue weighted by atomic mass is 10.2. The van der Waals surface area contributed by atoms with E-state index in [4.69, 9.17) is 16.3 Å². The number of para-hydroxylation sites is 1. The van der Waals surface area contributed by atoms with E-state index in [1.165, 1.54) is 11.8 Å². The molecule has 1 aliphatic rings. The van der Waals surface area contributed by atoms with Gasteiger partial charge in [-0.05, 0) is 37.1 Å². The van der Waals surface area contributed by atoms with Crippen LogP contribution in [-0.4, -0.2) is 38.9 Å². The SMILES string of the molecule is O=C(CSc1nc2ccccc2c(=O)n1CC1CCCO1)Nc1cccnc1Cl. The fourth-order valence-electron chi connectivity index (χ4n) is 3.21. The van der Waals surface area contributed by atoms with Gasteiger partial charge in [-0.1, -0.05) is 35.5 Å². The normalized spacial score (nSPS) is 16.2. The maximum atomic E-state index is 13.0. The van der Waals surface area contributed by atoms with Gasteiger partial charge < -0.3 is 10.1 Å². The molecule has 0 saturated carbocycles. The Kier molecular flexibility index (Phi) is 6.13. The van der Waals surface area contributed by atoms with E-state index in [2.05, 4.69) is 15.3 Å². The van der Waals surface area contributed by atoms with Gasteiger partial charge in [0.05, 0.1) is 35.0 Å². The van der Waals surface area contributed by atoms with Crippen molar-refractivity contribution in [2.75, 3.05) is 17.7 Å². The van der Waals surface area contributed by atoms with E-state index >= 15 is 0 Å². The van der Waals surface area contributed by atoms with Crippen LogP contribution in [0.2, 0.25) is 5.15 Å². The van der Waals surface area contributed by atoms with Crippen LogP contribution in [0.1, 0.15) is 12.8 Å². The summed E-state index contributed by atoms with van der Waals surface area (Å²) < 4.78 is 7.32. The van der Waals surface area contributed by atoms with Gasteiger partial charge in [0.2, 0.25) is 5.91 Å². The minimum atomic E-state index is -0.254. The first-order chi connectivity index (χ1) is 14.1. The van der Waals surface area contributed by atoms with Gasteiger partial charge in [0.15, 0.2) is 10.3 Å². The number of ether oxygens (including phenoxy) is 1. The molecular weight excluding hydrogens is 412 g/mol. The van der Waals surface area contributed by atoms with Crippen molar-refractivity contribution in [3.8, 4) is 0 Å². The van der Waals surface area contributed by atoms with Crippen molar-refractivity contribution in [1.29, 1.82) is 0 Å². The highest BCUT2D eigenvalue weighted by molar-refractivity contribution is 7.99. The Labute approximate surface area is 176 Å². The number of carbonyl (C=O) groups is 1. The molecule has 1 unspecified atom stereocenters. The van der Waals surface area contributed by atoms with Gasteiger partial charge in [-0.25, -0.2) is 9.97 Å². The second-order valence-electron chi connectivity index (χ2n) is 6.64. The number of anilines is 1. The van der Waals surface area contributed by atoms with Crippen LogP contribution in [0.5, 0.6) is 0 Å². The molecule has 9 heteroatoms. The molecule has 0 radical (unpaired) electrons. The summed E-state index contributed by atoms with van der Waals surface area (Å²) >= 11 is 7.20. The van der Waals surface area contributed by atoms with Crippen molar-refractivity contribution >= 4 is 45.9 Å². The van der Waals surface area contributed by atoms with Gasteiger partial charge >= 0.3 is 0 Å². The summed E-state index contributed by atoms with van der Waals surface area (Å²) in [6, 6.07) is 10.6. The van der Waals surface area contributed by atoms with Crippen LogP contribution in [0.25, 0.3) is 10.9 Å². The smallest absolute Gasteiger partial charge is 0.262 e. The van der Waals surface area contributed by atoms with E-state index < -0.39 is 0 Å². The molecule has 4 rings (SSSR count). The van der Waals surface area contributed by atoms with Gasteiger partial charge in [-0.15, -0.1) is 0 Å². The molecule has 1 saturated heterocycles. The van der Waals surface area contributed by atoms with Crippen LogP contribution < -0.4 is 10.9 Å². The Bertz CT molecular complexity index is 1100. The van der Waals surface area contributed by atoms with Crippen molar-refractivity contribution in [1.82, 2.24) is 14.5 Å². The first-order valence-electron chi connectivity index (χ1n) is 9.26. The third-order valence-corrected chi connectivity index (χ3v) is 5.88. The van der Waals surface area contributed by atoms with E-state index in [-0.39, 0.29) is 28.5 Å². The number of fused-ring (bicyclic) bond motifs is 1. The molecule has 1 atom stereocenters. The molecule has 0 spiro atoms. The van der Waals surface area contributed by atoms with Crippen molar-refractivity contribution < 1.29 is 9.53 Å². The molecule has 2 aromatic heterocycles. The molecule has 1 aliphatic heterocycles. The lowest BCUT2D eigenvalue weighted by molar-refractivity contribution is -0.113. The molecule has 0 bridgehead atoms. The first-order valence-corrected chi connectivity index (χ1v) is 10.6.